The number of esters is 2. The van der Waals surface area contributed by atoms with Crippen molar-refractivity contribution in [1.82, 2.24) is 9.80 Å². The lowest BCUT2D eigenvalue weighted by Crippen LogP contribution is -2.27. The summed E-state index contributed by atoms with van der Waals surface area (Å²) in [5.74, 6) is -0.0177. The molecular formula is C33H37BrN2O7. The molecule has 1 N–H and O–H groups in total. The first-order valence-electron chi connectivity index (χ1n) is 14.5. The summed E-state index contributed by atoms with van der Waals surface area (Å²) >= 11 is 3.68. The Morgan fingerprint density at radius 1 is 0.977 bits per heavy atom. The van der Waals surface area contributed by atoms with Crippen molar-refractivity contribution >= 4 is 27.9 Å². The van der Waals surface area contributed by atoms with Crippen LogP contribution in [0.2, 0.25) is 0 Å². The van der Waals surface area contributed by atoms with Gasteiger partial charge in [0.1, 0.15) is 0 Å². The van der Waals surface area contributed by atoms with Gasteiger partial charge in [0.15, 0.2) is 11.5 Å². The third-order valence-electron chi connectivity index (χ3n) is 7.90. The molecular weight excluding hydrogens is 616 g/mol. The molecule has 0 aromatic heterocycles. The number of nitrogens with zero attached hydrogens (tertiary/aromatic N) is 2. The van der Waals surface area contributed by atoms with Crippen LogP contribution in [0.3, 0.4) is 0 Å². The Hall–Kier alpha value is -3.60. The molecule has 43 heavy (non-hydrogen) atoms. The number of fused-ring (bicyclic) bond motifs is 1. The van der Waals surface area contributed by atoms with E-state index in [0.29, 0.717) is 30.9 Å². The van der Waals surface area contributed by atoms with Crippen molar-refractivity contribution in [2.24, 2.45) is 0 Å². The summed E-state index contributed by atoms with van der Waals surface area (Å²) in [6, 6.07) is 12.0. The summed E-state index contributed by atoms with van der Waals surface area (Å²) < 4.78 is 22.2. The Bertz CT molecular complexity index is 1430. The molecule has 0 saturated carbocycles. The molecule has 10 heteroatoms. The van der Waals surface area contributed by atoms with Crippen LogP contribution in [0.15, 0.2) is 75.9 Å². The van der Waals surface area contributed by atoms with Gasteiger partial charge >= 0.3 is 11.9 Å². The van der Waals surface area contributed by atoms with Crippen molar-refractivity contribution in [3.05, 3.63) is 92.6 Å². The number of hydrogen-bond donors (Lipinski definition) is 1. The number of methoxy groups -OCH3 is 2. The van der Waals surface area contributed by atoms with E-state index in [9.17, 15) is 14.7 Å². The van der Waals surface area contributed by atoms with Crippen molar-refractivity contribution < 1.29 is 33.6 Å². The molecule has 2 aromatic carbocycles. The van der Waals surface area contributed by atoms with Crippen molar-refractivity contribution in [2.45, 2.75) is 44.8 Å². The molecule has 3 aliphatic heterocycles. The van der Waals surface area contributed by atoms with E-state index in [1.54, 1.807) is 12.3 Å². The first-order chi connectivity index (χ1) is 20.9. The lowest BCUT2D eigenvalue weighted by molar-refractivity contribution is -0.139. The SMILES string of the molecule is COC(=O)C1=C/C(CCCO)=C\C(c2ccc(CN3CCCC3)cc2)N(Cc2cc3c(cc2Br)OCO3)/C=C\1C(=O)OC. The Morgan fingerprint density at radius 3 is 2.33 bits per heavy atom. The summed E-state index contributed by atoms with van der Waals surface area (Å²) in [7, 11) is 2.57. The highest BCUT2D eigenvalue weighted by Crippen LogP contribution is 2.39. The lowest BCUT2D eigenvalue weighted by atomic mass is 9.93. The van der Waals surface area contributed by atoms with E-state index in [2.05, 4.69) is 51.2 Å². The second kappa shape index (κ2) is 14.2. The fraction of sp³-hybridized carbons (Fsp3) is 0.394. The van der Waals surface area contributed by atoms with E-state index in [1.165, 1.54) is 32.6 Å². The highest BCUT2D eigenvalue weighted by molar-refractivity contribution is 9.10. The Kier molecular flexibility index (Phi) is 10.2. The van der Waals surface area contributed by atoms with E-state index in [0.717, 1.165) is 40.8 Å². The van der Waals surface area contributed by atoms with Crippen molar-refractivity contribution in [3.8, 4) is 11.5 Å². The van der Waals surface area contributed by atoms with E-state index in [-0.39, 0.29) is 30.6 Å². The molecule has 5 rings (SSSR count). The number of hydrogen-bond acceptors (Lipinski definition) is 9. The number of carbonyl (C=O) groups is 2. The van der Waals surface area contributed by atoms with Gasteiger partial charge in [-0.05, 0) is 79.2 Å². The van der Waals surface area contributed by atoms with Crippen LogP contribution in [-0.2, 0) is 32.2 Å². The first-order valence-corrected chi connectivity index (χ1v) is 15.3. The molecule has 3 aliphatic rings. The molecule has 1 fully saturated rings. The molecule has 1 saturated heterocycles. The third-order valence-corrected chi connectivity index (χ3v) is 8.64. The Labute approximate surface area is 260 Å². The molecule has 0 amide bonds. The average Bonchev–Trinajstić information content (AvgIpc) is 3.70. The molecule has 0 spiro atoms. The quantitative estimate of drug-likeness (QED) is 0.348. The minimum atomic E-state index is -0.658. The van der Waals surface area contributed by atoms with Crippen molar-refractivity contribution in [2.75, 3.05) is 40.7 Å². The normalized spacial score (nSPS) is 22.0. The number of likely N-dealkylation sites (tertiary alicyclic amines) is 1. The zero-order chi connectivity index (χ0) is 30.3. The van der Waals surface area contributed by atoms with Gasteiger partial charge in [-0.2, -0.15) is 0 Å². The second-order valence-corrected chi connectivity index (χ2v) is 11.6. The van der Waals surface area contributed by atoms with E-state index < -0.39 is 11.9 Å². The van der Waals surface area contributed by atoms with E-state index >= 15 is 0 Å². The minimum absolute atomic E-state index is 0.0117. The summed E-state index contributed by atoms with van der Waals surface area (Å²) in [5, 5.41) is 9.64. The van der Waals surface area contributed by atoms with Crippen LogP contribution < -0.4 is 9.47 Å². The molecule has 0 aliphatic carbocycles. The molecule has 9 nitrogen and oxygen atoms in total. The number of carbonyl (C=O) groups excluding carboxylic acids is 2. The average molecular weight is 654 g/mol. The van der Waals surface area contributed by atoms with Crippen LogP contribution >= 0.6 is 15.9 Å². The van der Waals surface area contributed by atoms with Gasteiger partial charge < -0.3 is 29.0 Å². The number of rotatable bonds is 10. The molecule has 1 atom stereocenters. The Morgan fingerprint density at radius 2 is 1.65 bits per heavy atom. The zero-order valence-corrected chi connectivity index (χ0v) is 26.1. The fourth-order valence-corrected chi connectivity index (χ4v) is 6.09. The largest absolute Gasteiger partial charge is 0.465 e. The van der Waals surface area contributed by atoms with E-state index in [4.69, 9.17) is 18.9 Å². The van der Waals surface area contributed by atoms with Gasteiger partial charge in [0.25, 0.3) is 0 Å². The summed E-state index contributed by atoms with van der Waals surface area (Å²) in [5.41, 5.74) is 4.12. The van der Waals surface area contributed by atoms with Crippen LogP contribution in [0.4, 0.5) is 0 Å². The second-order valence-electron chi connectivity index (χ2n) is 10.8. The molecule has 3 heterocycles. The third kappa shape index (κ3) is 7.31. The highest BCUT2D eigenvalue weighted by atomic mass is 79.9. The number of halogens is 1. The van der Waals surface area contributed by atoms with Crippen molar-refractivity contribution in [1.29, 1.82) is 0 Å². The standard InChI is InChI=1S/C33H37BrN2O7/c1-40-32(38)26-14-23(6-5-13-37)15-29(24-9-7-22(8-10-24)18-35-11-3-4-12-35)36(20-27(26)33(39)41-2)19-25-16-30-31(17-28(25)34)43-21-42-30/h7-10,14-17,20,29,37H,3-6,11-13,18-19,21H2,1-2H3/b23-15-,26-14+,27-20+. The van der Waals surface area contributed by atoms with Gasteiger partial charge in [0.05, 0.1) is 31.4 Å². The monoisotopic (exact) mass is 652 g/mol. The molecule has 0 radical (unpaired) electrons. The predicted molar refractivity (Wildman–Crippen MR) is 164 cm³/mol. The van der Waals surface area contributed by atoms with Gasteiger partial charge in [-0.3, -0.25) is 4.90 Å². The van der Waals surface area contributed by atoms with Crippen LogP contribution in [0.5, 0.6) is 11.5 Å². The predicted octanol–water partition coefficient (Wildman–Crippen LogP) is 5.19. The van der Waals surface area contributed by atoms with Crippen LogP contribution in [0, 0.1) is 0 Å². The maximum absolute atomic E-state index is 13.2. The van der Waals surface area contributed by atoms with Gasteiger partial charge in [0, 0.05) is 30.4 Å². The fourth-order valence-electron chi connectivity index (χ4n) is 5.64. The molecule has 228 valence electrons. The van der Waals surface area contributed by atoms with Gasteiger partial charge in [-0.1, -0.05) is 46.3 Å². The first kappa shape index (κ1) is 30.8. The summed E-state index contributed by atoms with van der Waals surface area (Å²) in [4.78, 5) is 30.6. The minimum Gasteiger partial charge on any atom is -0.465 e. The number of aliphatic hydroxyl groups excluding tert-OH is 1. The van der Waals surface area contributed by atoms with Gasteiger partial charge in [-0.25, -0.2) is 9.59 Å². The topological polar surface area (TPSA) is 97.8 Å². The number of allylic oxidation sites excluding steroid dienone is 2. The van der Waals surface area contributed by atoms with Gasteiger partial charge in [0.2, 0.25) is 6.79 Å². The lowest BCUT2D eigenvalue weighted by Gasteiger charge is -2.32. The summed E-state index contributed by atoms with van der Waals surface area (Å²) in [6.07, 6.45) is 8.89. The van der Waals surface area contributed by atoms with Crippen LogP contribution in [0.25, 0.3) is 0 Å². The highest BCUT2D eigenvalue weighted by Gasteiger charge is 2.29. The maximum Gasteiger partial charge on any atom is 0.340 e. The number of ether oxygens (including phenoxy) is 4. The summed E-state index contributed by atoms with van der Waals surface area (Å²) in [6.45, 7) is 3.65. The smallest absolute Gasteiger partial charge is 0.340 e. The molecule has 0 bridgehead atoms. The van der Waals surface area contributed by atoms with Crippen LogP contribution in [0.1, 0.15) is 48.4 Å². The number of aliphatic hydroxyl groups is 1. The van der Waals surface area contributed by atoms with Crippen LogP contribution in [-0.4, -0.2) is 67.6 Å². The maximum atomic E-state index is 13.2. The van der Waals surface area contributed by atoms with Crippen molar-refractivity contribution in [3.63, 3.8) is 0 Å². The van der Waals surface area contributed by atoms with Gasteiger partial charge in [-0.15, -0.1) is 0 Å². The number of benzene rings is 2. The molecule has 2 aromatic rings. The Balaban J connectivity index is 1.62. The van der Waals surface area contributed by atoms with E-state index in [1.807, 2.05) is 17.0 Å². The zero-order valence-electron chi connectivity index (χ0n) is 24.5. The molecule has 1 unspecified atom stereocenters.